The van der Waals surface area contributed by atoms with Crippen LogP contribution in [0.2, 0.25) is 0 Å². The Morgan fingerprint density at radius 2 is 1.97 bits per heavy atom. The number of amides is 1. The summed E-state index contributed by atoms with van der Waals surface area (Å²) < 4.78 is 11.7. The zero-order valence-electron chi connectivity index (χ0n) is 17.7. The molecular weight excluding hydrogens is 460 g/mol. The van der Waals surface area contributed by atoms with Gasteiger partial charge in [0.25, 0.3) is 5.91 Å². The van der Waals surface area contributed by atoms with E-state index in [4.69, 9.17) is 9.47 Å². The first-order chi connectivity index (χ1) is 15.0. The van der Waals surface area contributed by atoms with E-state index in [1.54, 1.807) is 32.4 Å². The summed E-state index contributed by atoms with van der Waals surface area (Å²) in [7, 11) is 3.22. The van der Waals surface area contributed by atoms with Gasteiger partial charge in [-0.1, -0.05) is 12.1 Å². The number of hydrogen-bond donors (Lipinski definition) is 2. The van der Waals surface area contributed by atoms with E-state index in [1.807, 2.05) is 24.3 Å². The van der Waals surface area contributed by atoms with Gasteiger partial charge in [0.1, 0.15) is 11.3 Å². The van der Waals surface area contributed by atoms with Crippen molar-refractivity contribution >= 4 is 27.6 Å². The van der Waals surface area contributed by atoms with Crippen molar-refractivity contribution in [3.63, 3.8) is 0 Å². The average molecular weight is 487 g/mol. The van der Waals surface area contributed by atoms with Crippen molar-refractivity contribution in [2.24, 2.45) is 5.92 Å². The highest BCUT2D eigenvalue weighted by Crippen LogP contribution is 2.37. The molecule has 2 N–H and O–H groups in total. The first kappa shape index (κ1) is 22.0. The Balaban J connectivity index is 1.69. The minimum atomic E-state index is -0.980. The lowest BCUT2D eigenvalue weighted by atomic mass is 9.80. The first-order valence-corrected chi connectivity index (χ1v) is 11.3. The van der Waals surface area contributed by atoms with Crippen molar-refractivity contribution < 1.29 is 19.1 Å². The quantitative estimate of drug-likeness (QED) is 0.556. The third-order valence-corrected chi connectivity index (χ3v) is 6.82. The van der Waals surface area contributed by atoms with Crippen molar-refractivity contribution in [1.82, 2.24) is 10.6 Å². The molecule has 1 amide bonds. The van der Waals surface area contributed by atoms with E-state index in [0.29, 0.717) is 42.3 Å². The van der Waals surface area contributed by atoms with Crippen LogP contribution >= 0.6 is 15.9 Å². The van der Waals surface area contributed by atoms with E-state index in [-0.39, 0.29) is 17.8 Å². The molecule has 2 aromatic rings. The molecule has 0 bridgehead atoms. The van der Waals surface area contributed by atoms with E-state index in [1.165, 1.54) is 12.8 Å². The molecule has 2 aliphatic rings. The molecule has 0 aromatic heterocycles. The third-order valence-electron chi connectivity index (χ3n) is 6.17. The summed E-state index contributed by atoms with van der Waals surface area (Å²) >= 11 is 3.44. The van der Waals surface area contributed by atoms with Crippen molar-refractivity contribution in [2.75, 3.05) is 27.3 Å². The highest BCUT2D eigenvalue weighted by Gasteiger charge is 2.47. The highest BCUT2D eigenvalue weighted by atomic mass is 79.9. The Bertz CT molecular complexity index is 991. The molecular formula is C24H27BrN2O4. The fourth-order valence-electron chi connectivity index (χ4n) is 4.10. The Morgan fingerprint density at radius 3 is 2.65 bits per heavy atom. The number of ether oxygens (including phenoxy) is 2. The summed E-state index contributed by atoms with van der Waals surface area (Å²) in [5.74, 6) is 1.01. The summed E-state index contributed by atoms with van der Waals surface area (Å²) in [6.45, 7) is 1.25. The number of benzene rings is 2. The average Bonchev–Trinajstić information content (AvgIpc) is 3.53. The lowest BCUT2D eigenvalue weighted by molar-refractivity contribution is 0.0810. The maximum absolute atomic E-state index is 13.8. The third kappa shape index (κ3) is 4.54. The normalized spacial score (nSPS) is 22.9. The lowest BCUT2D eigenvalue weighted by Gasteiger charge is -2.29. The number of hydrogen-bond acceptors (Lipinski definition) is 5. The van der Waals surface area contributed by atoms with Gasteiger partial charge in [0.15, 0.2) is 5.78 Å². The molecule has 31 heavy (non-hydrogen) atoms. The maximum atomic E-state index is 13.8. The molecule has 1 heterocycles. The number of methoxy groups -OCH3 is 2. The predicted octanol–water partition coefficient (Wildman–Crippen LogP) is 3.68. The Morgan fingerprint density at radius 1 is 1.16 bits per heavy atom. The van der Waals surface area contributed by atoms with Crippen LogP contribution < -0.4 is 15.4 Å². The Kier molecular flexibility index (Phi) is 6.46. The summed E-state index contributed by atoms with van der Waals surface area (Å²) in [5.41, 5.74) is 0.874. The topological polar surface area (TPSA) is 76.7 Å². The molecule has 0 radical (unpaired) electrons. The van der Waals surface area contributed by atoms with Crippen LogP contribution in [0, 0.1) is 5.92 Å². The zero-order chi connectivity index (χ0) is 22.0. The number of rotatable bonds is 8. The van der Waals surface area contributed by atoms with Gasteiger partial charge in [-0.25, -0.2) is 0 Å². The second-order valence-electron chi connectivity index (χ2n) is 8.26. The molecule has 1 unspecified atom stereocenters. The van der Waals surface area contributed by atoms with Gasteiger partial charge in [0, 0.05) is 37.7 Å². The molecule has 1 saturated carbocycles. The first-order valence-electron chi connectivity index (χ1n) is 10.5. The number of Topliss-reactive ketones (excluding diaryl/α,β-unsaturated/α-hetero) is 1. The minimum absolute atomic E-state index is 0.0756. The highest BCUT2D eigenvalue weighted by molar-refractivity contribution is 9.10. The van der Waals surface area contributed by atoms with E-state index in [9.17, 15) is 9.59 Å². The van der Waals surface area contributed by atoms with Crippen LogP contribution in [0.1, 0.15) is 45.5 Å². The van der Waals surface area contributed by atoms with Gasteiger partial charge in [-0.3, -0.25) is 14.9 Å². The molecule has 1 saturated heterocycles. The molecule has 4 rings (SSSR count). The van der Waals surface area contributed by atoms with E-state index < -0.39 is 5.54 Å². The van der Waals surface area contributed by atoms with Gasteiger partial charge in [0.05, 0.1) is 17.7 Å². The van der Waals surface area contributed by atoms with Crippen LogP contribution in [0.3, 0.4) is 0 Å². The van der Waals surface area contributed by atoms with Gasteiger partial charge < -0.3 is 14.8 Å². The molecule has 2 fully saturated rings. The van der Waals surface area contributed by atoms with Gasteiger partial charge in [0.2, 0.25) is 0 Å². The number of halogens is 1. The second kappa shape index (κ2) is 9.10. The number of nitrogens with one attached hydrogen (secondary N) is 2. The van der Waals surface area contributed by atoms with Crippen molar-refractivity contribution in [3.8, 4) is 5.75 Å². The SMILES string of the molecule is COc1cc(C(=O)[C@]2(c3cccc(C(=O)NCC4CC4)c3)CC(OC)CN2)ccc1Br. The standard InChI is InChI=1S/C24H27BrN2O4/c1-30-19-12-24(27-14-19,22(28)16-8-9-20(25)21(11-16)31-2)18-5-3-4-17(10-18)23(29)26-13-15-6-7-15/h3-5,8-11,15,19,27H,6-7,12-14H2,1-2H3,(H,26,29)/t19?,24-/m1/s1. The molecule has 7 heteroatoms. The fraction of sp³-hybridized carbons (Fsp3) is 0.417. The van der Waals surface area contributed by atoms with Crippen molar-refractivity contribution in [2.45, 2.75) is 30.9 Å². The second-order valence-corrected chi connectivity index (χ2v) is 9.12. The van der Waals surface area contributed by atoms with Crippen molar-refractivity contribution in [3.05, 3.63) is 63.6 Å². The van der Waals surface area contributed by atoms with Crippen molar-refractivity contribution in [1.29, 1.82) is 0 Å². The monoisotopic (exact) mass is 486 g/mol. The summed E-state index contributed by atoms with van der Waals surface area (Å²) in [6, 6.07) is 12.7. The minimum Gasteiger partial charge on any atom is -0.496 e. The van der Waals surface area contributed by atoms with Gasteiger partial charge in [-0.15, -0.1) is 0 Å². The largest absolute Gasteiger partial charge is 0.496 e. The Labute approximate surface area is 190 Å². The molecule has 1 aliphatic carbocycles. The Hall–Kier alpha value is -2.22. The zero-order valence-corrected chi connectivity index (χ0v) is 19.3. The van der Waals surface area contributed by atoms with Crippen LogP contribution in [0.25, 0.3) is 0 Å². The maximum Gasteiger partial charge on any atom is 0.251 e. The molecule has 2 aromatic carbocycles. The van der Waals surface area contributed by atoms with Crippen LogP contribution in [-0.2, 0) is 10.3 Å². The molecule has 0 spiro atoms. The summed E-state index contributed by atoms with van der Waals surface area (Å²) in [5, 5.41) is 6.41. The van der Waals surface area contributed by atoms with E-state index in [2.05, 4.69) is 26.6 Å². The molecule has 6 nitrogen and oxygen atoms in total. The van der Waals surface area contributed by atoms with Crippen LogP contribution in [0.5, 0.6) is 5.75 Å². The van der Waals surface area contributed by atoms with Crippen LogP contribution in [-0.4, -0.2) is 45.1 Å². The number of ketones is 1. The van der Waals surface area contributed by atoms with E-state index >= 15 is 0 Å². The van der Waals surface area contributed by atoms with Crippen LogP contribution in [0.15, 0.2) is 46.9 Å². The summed E-state index contributed by atoms with van der Waals surface area (Å²) in [6.07, 6.45) is 2.73. The van der Waals surface area contributed by atoms with Gasteiger partial charge in [-0.05, 0) is 70.6 Å². The predicted molar refractivity (Wildman–Crippen MR) is 122 cm³/mol. The number of carbonyl (C=O) groups is 2. The lowest BCUT2D eigenvalue weighted by Crippen LogP contribution is -2.45. The fourth-order valence-corrected chi connectivity index (χ4v) is 4.51. The summed E-state index contributed by atoms with van der Waals surface area (Å²) in [4.78, 5) is 26.5. The molecule has 164 valence electrons. The number of carbonyl (C=O) groups excluding carboxylic acids is 2. The van der Waals surface area contributed by atoms with Crippen LogP contribution in [0.4, 0.5) is 0 Å². The molecule has 2 atom stereocenters. The molecule has 1 aliphatic heterocycles. The smallest absolute Gasteiger partial charge is 0.251 e. The van der Waals surface area contributed by atoms with Gasteiger partial charge in [-0.2, -0.15) is 0 Å². The van der Waals surface area contributed by atoms with Gasteiger partial charge >= 0.3 is 0 Å². The van der Waals surface area contributed by atoms with E-state index in [0.717, 1.165) is 10.0 Å².